The molecule has 1 aliphatic carbocycles. The van der Waals surface area contributed by atoms with E-state index in [0.717, 1.165) is 11.1 Å². The van der Waals surface area contributed by atoms with Crippen LogP contribution in [0.4, 0.5) is 0 Å². The van der Waals surface area contributed by atoms with Gasteiger partial charge in [-0.2, -0.15) is 0 Å². The third kappa shape index (κ3) is 2.26. The van der Waals surface area contributed by atoms with Crippen molar-refractivity contribution in [2.45, 2.75) is 53.8 Å². The monoisotopic (exact) mass is 302 g/mol. The molecule has 0 bridgehead atoms. The summed E-state index contributed by atoms with van der Waals surface area (Å²) in [5, 5.41) is 0. The molecule has 22 heavy (non-hydrogen) atoms. The molecule has 3 heteroatoms. The Bertz CT molecular complexity index is 559. The SMILES string of the molecule is CC(C)(C)C1=CC2(C=C(C(C)(C)C)C1=O)CO[C@H]1C=CO[C@H]12. The molecular weight excluding hydrogens is 276 g/mol. The summed E-state index contributed by atoms with van der Waals surface area (Å²) in [5.74, 6) is 0.167. The maximum absolute atomic E-state index is 13.0. The zero-order valence-electron chi connectivity index (χ0n) is 14.4. The van der Waals surface area contributed by atoms with Gasteiger partial charge in [-0.3, -0.25) is 4.79 Å². The van der Waals surface area contributed by atoms with Crippen LogP contribution in [0, 0.1) is 16.2 Å². The van der Waals surface area contributed by atoms with E-state index in [4.69, 9.17) is 9.47 Å². The minimum Gasteiger partial charge on any atom is -0.494 e. The Hall–Kier alpha value is -1.35. The summed E-state index contributed by atoms with van der Waals surface area (Å²) in [7, 11) is 0. The third-order valence-electron chi connectivity index (χ3n) is 4.78. The highest BCUT2D eigenvalue weighted by molar-refractivity contribution is 6.11. The van der Waals surface area contributed by atoms with Crippen LogP contribution in [0.2, 0.25) is 0 Å². The molecule has 2 atom stereocenters. The molecule has 0 saturated carbocycles. The van der Waals surface area contributed by atoms with Gasteiger partial charge in [0.2, 0.25) is 0 Å². The van der Waals surface area contributed by atoms with Gasteiger partial charge in [0.1, 0.15) is 12.2 Å². The molecule has 0 radical (unpaired) electrons. The van der Waals surface area contributed by atoms with Crippen molar-refractivity contribution in [1.29, 1.82) is 0 Å². The maximum Gasteiger partial charge on any atom is 0.185 e. The second-order valence-corrected chi connectivity index (χ2v) is 8.72. The van der Waals surface area contributed by atoms with Crippen LogP contribution in [0.25, 0.3) is 0 Å². The van der Waals surface area contributed by atoms with Crippen molar-refractivity contribution in [3.05, 3.63) is 35.6 Å². The van der Waals surface area contributed by atoms with Crippen molar-refractivity contribution in [3.8, 4) is 0 Å². The minimum atomic E-state index is -0.340. The van der Waals surface area contributed by atoms with E-state index in [9.17, 15) is 4.79 Å². The lowest BCUT2D eigenvalue weighted by molar-refractivity contribution is -0.114. The molecule has 120 valence electrons. The number of Topliss-reactive ketones (excluding diaryl/α,β-unsaturated/α-hetero) is 1. The number of rotatable bonds is 0. The van der Waals surface area contributed by atoms with Crippen molar-refractivity contribution >= 4 is 5.78 Å². The van der Waals surface area contributed by atoms with Crippen LogP contribution in [0.15, 0.2) is 35.6 Å². The molecule has 0 N–H and O–H groups in total. The molecule has 0 amide bonds. The number of hydrogen-bond donors (Lipinski definition) is 0. The van der Waals surface area contributed by atoms with E-state index in [1.165, 1.54) is 0 Å². The summed E-state index contributed by atoms with van der Waals surface area (Å²) in [6.45, 7) is 13.1. The molecule has 0 aromatic rings. The van der Waals surface area contributed by atoms with Gasteiger partial charge in [-0.25, -0.2) is 0 Å². The summed E-state index contributed by atoms with van der Waals surface area (Å²) in [6.07, 6.45) is 7.84. The molecule has 0 aromatic carbocycles. The van der Waals surface area contributed by atoms with E-state index in [0.29, 0.717) is 6.61 Å². The fraction of sp³-hybridized carbons (Fsp3) is 0.632. The number of carbonyl (C=O) groups excluding carboxylic acids is 1. The van der Waals surface area contributed by atoms with E-state index < -0.39 is 0 Å². The second kappa shape index (κ2) is 4.58. The summed E-state index contributed by atoms with van der Waals surface area (Å²) >= 11 is 0. The normalized spacial score (nSPS) is 30.2. The Morgan fingerprint density at radius 1 is 1.05 bits per heavy atom. The Balaban J connectivity index is 2.14. The molecule has 2 aliphatic heterocycles. The molecule has 1 spiro atoms. The van der Waals surface area contributed by atoms with Crippen molar-refractivity contribution < 1.29 is 14.3 Å². The van der Waals surface area contributed by atoms with Crippen LogP contribution >= 0.6 is 0 Å². The molecule has 3 rings (SSSR count). The van der Waals surface area contributed by atoms with Gasteiger partial charge in [0.25, 0.3) is 0 Å². The molecule has 0 unspecified atom stereocenters. The average molecular weight is 302 g/mol. The van der Waals surface area contributed by atoms with Crippen LogP contribution in [0.1, 0.15) is 41.5 Å². The standard InChI is InChI=1S/C19H26O3/c1-17(2,3)12-9-19(10-13(15(12)20)18(4,5)6)11-22-14-7-8-21-16(14)19/h7-10,14,16H,11H2,1-6H3/t14-,16+/m0/s1. The topological polar surface area (TPSA) is 35.5 Å². The minimum absolute atomic E-state index is 0.0110. The summed E-state index contributed by atoms with van der Waals surface area (Å²) in [5.41, 5.74) is 1.02. The maximum atomic E-state index is 13.0. The second-order valence-electron chi connectivity index (χ2n) is 8.72. The van der Waals surface area contributed by atoms with Crippen molar-refractivity contribution in [2.75, 3.05) is 6.61 Å². The summed E-state index contributed by atoms with van der Waals surface area (Å²) < 4.78 is 11.7. The van der Waals surface area contributed by atoms with Crippen LogP contribution in [-0.4, -0.2) is 24.6 Å². The number of hydrogen-bond acceptors (Lipinski definition) is 3. The van der Waals surface area contributed by atoms with E-state index in [2.05, 4.69) is 53.7 Å². The first-order valence-electron chi connectivity index (χ1n) is 8.00. The van der Waals surface area contributed by atoms with Crippen LogP contribution in [0.3, 0.4) is 0 Å². The number of ketones is 1. The Labute approximate surface area is 133 Å². The van der Waals surface area contributed by atoms with Gasteiger partial charge in [-0.1, -0.05) is 53.7 Å². The number of carbonyl (C=O) groups is 1. The van der Waals surface area contributed by atoms with Gasteiger partial charge in [0, 0.05) is 11.1 Å². The lowest BCUT2D eigenvalue weighted by atomic mass is 9.65. The van der Waals surface area contributed by atoms with Crippen molar-refractivity contribution in [1.82, 2.24) is 0 Å². The smallest absolute Gasteiger partial charge is 0.185 e. The zero-order chi connectivity index (χ0) is 16.3. The molecule has 1 saturated heterocycles. The van der Waals surface area contributed by atoms with Gasteiger partial charge in [-0.15, -0.1) is 0 Å². The van der Waals surface area contributed by atoms with Gasteiger partial charge in [0.05, 0.1) is 18.3 Å². The third-order valence-corrected chi connectivity index (χ3v) is 4.78. The Morgan fingerprint density at radius 2 is 1.59 bits per heavy atom. The number of ether oxygens (including phenoxy) is 2. The lowest BCUT2D eigenvalue weighted by Gasteiger charge is -2.38. The van der Waals surface area contributed by atoms with E-state index in [-0.39, 0.29) is 34.2 Å². The van der Waals surface area contributed by atoms with Gasteiger partial charge in [-0.05, 0) is 16.9 Å². The van der Waals surface area contributed by atoms with Gasteiger partial charge in [0.15, 0.2) is 5.78 Å². The zero-order valence-corrected chi connectivity index (χ0v) is 14.4. The first-order chi connectivity index (χ1) is 10.0. The average Bonchev–Trinajstić information content (AvgIpc) is 2.94. The van der Waals surface area contributed by atoms with E-state index >= 15 is 0 Å². The lowest BCUT2D eigenvalue weighted by Crippen LogP contribution is -2.40. The Kier molecular flexibility index (Phi) is 3.23. The highest BCUT2D eigenvalue weighted by Gasteiger charge is 2.53. The highest BCUT2D eigenvalue weighted by atomic mass is 16.6. The summed E-state index contributed by atoms with van der Waals surface area (Å²) in [6, 6.07) is 0. The van der Waals surface area contributed by atoms with E-state index in [1.54, 1.807) is 6.26 Å². The first kappa shape index (κ1) is 15.5. The molecular formula is C19H26O3. The number of fused-ring (bicyclic) bond motifs is 2. The molecule has 3 aliphatic rings. The predicted octanol–water partition coefficient (Wildman–Crippen LogP) is 3.81. The number of allylic oxidation sites excluding steroid dienone is 2. The fourth-order valence-corrected chi connectivity index (χ4v) is 3.50. The van der Waals surface area contributed by atoms with Crippen LogP contribution in [0.5, 0.6) is 0 Å². The van der Waals surface area contributed by atoms with Crippen LogP contribution in [-0.2, 0) is 14.3 Å². The molecule has 2 heterocycles. The van der Waals surface area contributed by atoms with E-state index in [1.807, 2.05) is 6.08 Å². The highest BCUT2D eigenvalue weighted by Crippen LogP contribution is 2.49. The first-order valence-corrected chi connectivity index (χ1v) is 8.00. The Morgan fingerprint density at radius 3 is 2.09 bits per heavy atom. The van der Waals surface area contributed by atoms with Crippen molar-refractivity contribution in [3.63, 3.8) is 0 Å². The van der Waals surface area contributed by atoms with Gasteiger partial charge < -0.3 is 9.47 Å². The largest absolute Gasteiger partial charge is 0.494 e. The molecule has 1 fully saturated rings. The van der Waals surface area contributed by atoms with Crippen LogP contribution < -0.4 is 0 Å². The molecule has 0 aromatic heterocycles. The molecule has 3 nitrogen and oxygen atoms in total. The van der Waals surface area contributed by atoms with Crippen molar-refractivity contribution in [2.24, 2.45) is 16.2 Å². The quantitative estimate of drug-likeness (QED) is 0.682. The summed E-state index contributed by atoms with van der Waals surface area (Å²) in [4.78, 5) is 13.0. The fourth-order valence-electron chi connectivity index (χ4n) is 3.50. The van der Waals surface area contributed by atoms with Gasteiger partial charge >= 0.3 is 0 Å². The predicted molar refractivity (Wildman–Crippen MR) is 86.3 cm³/mol.